The fourth-order valence-corrected chi connectivity index (χ4v) is 1.70. The van der Waals surface area contributed by atoms with Crippen LogP contribution >= 0.6 is 0 Å². The Bertz CT molecular complexity index is 546. The van der Waals surface area contributed by atoms with Crippen LogP contribution in [0.25, 0.3) is 11.1 Å². The van der Waals surface area contributed by atoms with Crippen molar-refractivity contribution in [2.24, 2.45) is 0 Å². The summed E-state index contributed by atoms with van der Waals surface area (Å²) in [5, 5.41) is 13.0. The predicted octanol–water partition coefficient (Wildman–Crippen LogP) is 2.50. The molecule has 0 amide bonds. The molecule has 0 radical (unpaired) electrons. The van der Waals surface area contributed by atoms with Gasteiger partial charge in [-0.15, -0.1) is 0 Å². The van der Waals surface area contributed by atoms with Crippen molar-refractivity contribution >= 4 is 5.97 Å². The fourth-order valence-electron chi connectivity index (χ4n) is 1.70. The molecule has 2 aromatic rings. The molecule has 1 atom stereocenters. The maximum Gasteiger partial charge on any atom is 0.328 e. The molecule has 0 bridgehead atoms. The zero-order chi connectivity index (χ0) is 12.4. The molecule has 0 saturated heterocycles. The fraction of sp³-hybridized carbons (Fsp3) is 0.231. The topological polar surface area (TPSA) is 55.1 Å². The number of carboxylic acids is 1. The number of nitrogens with zero attached hydrogens (tertiary/aromatic N) is 2. The summed E-state index contributed by atoms with van der Waals surface area (Å²) >= 11 is 0. The summed E-state index contributed by atoms with van der Waals surface area (Å²) in [6.45, 7) is 3.63. The SMILES string of the molecule is Cc1ccccc1-c1cnn(C(C)C(=O)O)c1. The monoisotopic (exact) mass is 230 g/mol. The van der Waals surface area contributed by atoms with E-state index in [9.17, 15) is 4.79 Å². The van der Waals surface area contributed by atoms with Crippen molar-refractivity contribution in [2.45, 2.75) is 19.9 Å². The molecule has 88 valence electrons. The average Bonchev–Trinajstić information content (AvgIpc) is 2.77. The Balaban J connectivity index is 2.37. The van der Waals surface area contributed by atoms with Gasteiger partial charge in [-0.1, -0.05) is 24.3 Å². The molecule has 4 heteroatoms. The van der Waals surface area contributed by atoms with E-state index in [2.05, 4.69) is 5.10 Å². The molecular formula is C13H14N2O2. The van der Waals surface area contributed by atoms with Gasteiger partial charge in [0.25, 0.3) is 0 Å². The van der Waals surface area contributed by atoms with E-state index in [1.165, 1.54) is 4.68 Å². The Hall–Kier alpha value is -2.10. The van der Waals surface area contributed by atoms with Gasteiger partial charge in [-0.25, -0.2) is 4.79 Å². The summed E-state index contributed by atoms with van der Waals surface area (Å²) in [6.07, 6.45) is 3.46. The van der Waals surface area contributed by atoms with Crippen molar-refractivity contribution in [3.8, 4) is 11.1 Å². The van der Waals surface area contributed by atoms with E-state index < -0.39 is 12.0 Å². The number of hydrogen-bond donors (Lipinski definition) is 1. The van der Waals surface area contributed by atoms with Gasteiger partial charge in [0.2, 0.25) is 0 Å². The molecule has 1 unspecified atom stereocenters. The highest BCUT2D eigenvalue weighted by Crippen LogP contribution is 2.23. The number of aliphatic carboxylic acids is 1. The first-order valence-electron chi connectivity index (χ1n) is 5.42. The summed E-state index contributed by atoms with van der Waals surface area (Å²) in [6, 6.07) is 7.31. The molecule has 1 aromatic heterocycles. The highest BCUT2D eigenvalue weighted by molar-refractivity contribution is 5.72. The maximum atomic E-state index is 10.9. The Labute approximate surface area is 99.5 Å². The normalized spacial score (nSPS) is 12.4. The Kier molecular flexibility index (Phi) is 2.95. The molecule has 1 N–H and O–H groups in total. The number of hydrogen-bond acceptors (Lipinski definition) is 2. The lowest BCUT2D eigenvalue weighted by Crippen LogP contribution is -2.15. The number of rotatable bonds is 3. The smallest absolute Gasteiger partial charge is 0.328 e. The first-order chi connectivity index (χ1) is 8.09. The molecule has 0 spiro atoms. The van der Waals surface area contributed by atoms with Gasteiger partial charge in [-0.05, 0) is 25.0 Å². The van der Waals surface area contributed by atoms with Crippen molar-refractivity contribution < 1.29 is 9.90 Å². The number of carboxylic acid groups (broad SMARTS) is 1. The van der Waals surface area contributed by atoms with Gasteiger partial charge in [0, 0.05) is 11.8 Å². The lowest BCUT2D eigenvalue weighted by Gasteiger charge is -2.05. The predicted molar refractivity (Wildman–Crippen MR) is 64.7 cm³/mol. The van der Waals surface area contributed by atoms with Crippen molar-refractivity contribution in [3.05, 3.63) is 42.2 Å². The van der Waals surface area contributed by atoms with Crippen LogP contribution in [0.1, 0.15) is 18.5 Å². The third-order valence-electron chi connectivity index (χ3n) is 2.81. The second-order valence-electron chi connectivity index (χ2n) is 4.04. The van der Waals surface area contributed by atoms with Gasteiger partial charge in [-0.3, -0.25) is 4.68 Å². The highest BCUT2D eigenvalue weighted by atomic mass is 16.4. The summed E-state index contributed by atoms with van der Waals surface area (Å²) in [4.78, 5) is 10.9. The Morgan fingerprint density at radius 1 is 1.41 bits per heavy atom. The minimum absolute atomic E-state index is 0.646. The molecule has 1 heterocycles. The Morgan fingerprint density at radius 2 is 2.12 bits per heavy atom. The zero-order valence-corrected chi connectivity index (χ0v) is 9.79. The quantitative estimate of drug-likeness (QED) is 0.881. The van der Waals surface area contributed by atoms with Crippen LogP contribution in [0.3, 0.4) is 0 Å². The summed E-state index contributed by atoms with van der Waals surface area (Å²) in [5.41, 5.74) is 3.17. The summed E-state index contributed by atoms with van der Waals surface area (Å²) in [5.74, 6) is -0.885. The molecule has 0 aliphatic heterocycles. The molecule has 0 saturated carbocycles. The van der Waals surface area contributed by atoms with E-state index in [1.54, 1.807) is 19.3 Å². The first kappa shape index (κ1) is 11.4. The Morgan fingerprint density at radius 3 is 2.76 bits per heavy atom. The molecular weight excluding hydrogens is 216 g/mol. The molecule has 4 nitrogen and oxygen atoms in total. The van der Waals surface area contributed by atoms with Crippen LogP contribution in [0.4, 0.5) is 0 Å². The van der Waals surface area contributed by atoms with E-state index in [0.29, 0.717) is 0 Å². The van der Waals surface area contributed by atoms with Crippen LogP contribution in [0.2, 0.25) is 0 Å². The van der Waals surface area contributed by atoms with E-state index in [1.807, 2.05) is 31.2 Å². The molecule has 1 aromatic carbocycles. The number of aromatic nitrogens is 2. The van der Waals surface area contributed by atoms with Gasteiger partial charge >= 0.3 is 5.97 Å². The van der Waals surface area contributed by atoms with Crippen molar-refractivity contribution in [1.29, 1.82) is 0 Å². The van der Waals surface area contributed by atoms with E-state index in [-0.39, 0.29) is 0 Å². The highest BCUT2D eigenvalue weighted by Gasteiger charge is 2.14. The standard InChI is InChI=1S/C13H14N2O2/c1-9-5-3-4-6-12(9)11-7-14-15(8-11)10(2)13(16)17/h3-8,10H,1-2H3,(H,16,17). The second kappa shape index (κ2) is 4.41. The lowest BCUT2D eigenvalue weighted by molar-refractivity contribution is -0.140. The summed E-state index contributed by atoms with van der Waals surface area (Å²) < 4.78 is 1.46. The average molecular weight is 230 g/mol. The van der Waals surface area contributed by atoms with Crippen LogP contribution in [-0.2, 0) is 4.79 Å². The van der Waals surface area contributed by atoms with Crippen LogP contribution in [0, 0.1) is 6.92 Å². The third kappa shape index (κ3) is 2.20. The molecule has 17 heavy (non-hydrogen) atoms. The number of carbonyl (C=O) groups is 1. The molecule has 0 fully saturated rings. The lowest BCUT2D eigenvalue weighted by atomic mass is 10.0. The maximum absolute atomic E-state index is 10.9. The van der Waals surface area contributed by atoms with Crippen LogP contribution < -0.4 is 0 Å². The minimum Gasteiger partial charge on any atom is -0.480 e. The van der Waals surface area contributed by atoms with Gasteiger partial charge in [0.1, 0.15) is 6.04 Å². The van der Waals surface area contributed by atoms with Crippen LogP contribution in [-0.4, -0.2) is 20.9 Å². The summed E-state index contributed by atoms with van der Waals surface area (Å²) in [7, 11) is 0. The van der Waals surface area contributed by atoms with E-state index in [0.717, 1.165) is 16.7 Å². The van der Waals surface area contributed by atoms with Crippen molar-refractivity contribution in [2.75, 3.05) is 0 Å². The van der Waals surface area contributed by atoms with Gasteiger partial charge in [-0.2, -0.15) is 5.10 Å². The molecule has 0 aliphatic carbocycles. The number of aryl methyl sites for hydroxylation is 1. The van der Waals surface area contributed by atoms with Crippen LogP contribution in [0.15, 0.2) is 36.7 Å². The molecule has 2 rings (SSSR count). The van der Waals surface area contributed by atoms with E-state index >= 15 is 0 Å². The van der Waals surface area contributed by atoms with Crippen molar-refractivity contribution in [3.63, 3.8) is 0 Å². The second-order valence-corrected chi connectivity index (χ2v) is 4.04. The zero-order valence-electron chi connectivity index (χ0n) is 9.79. The van der Waals surface area contributed by atoms with E-state index in [4.69, 9.17) is 5.11 Å². The van der Waals surface area contributed by atoms with Gasteiger partial charge < -0.3 is 5.11 Å². The van der Waals surface area contributed by atoms with Gasteiger partial charge in [0.05, 0.1) is 6.20 Å². The minimum atomic E-state index is -0.885. The van der Waals surface area contributed by atoms with Crippen LogP contribution in [0.5, 0.6) is 0 Å². The first-order valence-corrected chi connectivity index (χ1v) is 5.42. The largest absolute Gasteiger partial charge is 0.480 e. The molecule has 0 aliphatic rings. The van der Waals surface area contributed by atoms with Crippen molar-refractivity contribution in [1.82, 2.24) is 9.78 Å². The van der Waals surface area contributed by atoms with Gasteiger partial charge in [0.15, 0.2) is 0 Å². The number of benzene rings is 1. The third-order valence-corrected chi connectivity index (χ3v) is 2.81.